The maximum atomic E-state index is 6.44. The molecule has 1 aromatic rings. The molecule has 1 heterocycles. The van der Waals surface area contributed by atoms with Crippen LogP contribution in [0.2, 0.25) is 0 Å². The van der Waals surface area contributed by atoms with Crippen LogP contribution in [0.3, 0.4) is 0 Å². The first-order chi connectivity index (χ1) is 9.15. The van der Waals surface area contributed by atoms with Crippen molar-refractivity contribution in [3.05, 3.63) is 47.0 Å². The zero-order valence-electron chi connectivity index (χ0n) is 12.5. The summed E-state index contributed by atoms with van der Waals surface area (Å²) in [5, 5.41) is 0. The van der Waals surface area contributed by atoms with E-state index >= 15 is 0 Å². The van der Waals surface area contributed by atoms with E-state index in [0.29, 0.717) is 0 Å². The third-order valence-corrected chi connectivity index (χ3v) is 3.79. The Hall–Kier alpha value is -1.32. The summed E-state index contributed by atoms with van der Waals surface area (Å²) >= 11 is 0. The zero-order valence-corrected chi connectivity index (χ0v) is 13.3. The van der Waals surface area contributed by atoms with Crippen LogP contribution in [0, 0.1) is 13.8 Å². The van der Waals surface area contributed by atoms with Gasteiger partial charge in [0.25, 0.3) is 0 Å². The summed E-state index contributed by atoms with van der Waals surface area (Å²) in [6.45, 7) is 9.02. The van der Waals surface area contributed by atoms with Gasteiger partial charge in [-0.25, -0.2) is 0 Å². The van der Waals surface area contributed by atoms with E-state index in [2.05, 4.69) is 54.1 Å². The summed E-state index contributed by atoms with van der Waals surface area (Å²) in [5.74, 6) is 1.02. The van der Waals surface area contributed by atoms with Crippen LogP contribution in [0.1, 0.15) is 29.7 Å². The van der Waals surface area contributed by atoms with Crippen LogP contribution in [0.15, 0.2) is 35.3 Å². The molecule has 1 aromatic carbocycles. The number of nitrogens with two attached hydrogens (primary N) is 1. The highest BCUT2D eigenvalue weighted by Crippen LogP contribution is 2.22. The Morgan fingerprint density at radius 3 is 2.85 bits per heavy atom. The molecule has 1 unspecified atom stereocenters. The van der Waals surface area contributed by atoms with Gasteiger partial charge in [-0.1, -0.05) is 30.4 Å². The molecule has 0 aliphatic carbocycles. The van der Waals surface area contributed by atoms with E-state index in [1.54, 1.807) is 0 Å². The molecule has 0 saturated carbocycles. The van der Waals surface area contributed by atoms with Crippen molar-refractivity contribution in [3.63, 3.8) is 0 Å². The van der Waals surface area contributed by atoms with Crippen molar-refractivity contribution >= 4 is 18.2 Å². The Bertz CT molecular complexity index is 508. The molecule has 1 atom stereocenters. The molecule has 0 radical (unpaired) electrons. The quantitative estimate of drug-likeness (QED) is 0.867. The molecule has 0 saturated heterocycles. The number of nitrogens with zero attached hydrogens (tertiary/aromatic N) is 2. The molecule has 0 aromatic heterocycles. The molecular weight excluding hydrogens is 270 g/mol. The summed E-state index contributed by atoms with van der Waals surface area (Å²) in [4.78, 5) is 6.87. The summed E-state index contributed by atoms with van der Waals surface area (Å²) < 4.78 is 0. The van der Waals surface area contributed by atoms with Gasteiger partial charge in [0.15, 0.2) is 0 Å². The van der Waals surface area contributed by atoms with Gasteiger partial charge in [0.2, 0.25) is 0 Å². The number of amidine groups is 1. The first-order valence-corrected chi connectivity index (χ1v) is 6.87. The fourth-order valence-corrected chi connectivity index (χ4v) is 2.46. The Kier molecular flexibility index (Phi) is 6.24. The van der Waals surface area contributed by atoms with Crippen molar-refractivity contribution in [2.45, 2.75) is 26.8 Å². The van der Waals surface area contributed by atoms with Crippen LogP contribution >= 0.6 is 12.4 Å². The predicted octanol–water partition coefficient (Wildman–Crippen LogP) is 3.02. The molecule has 1 aliphatic rings. The van der Waals surface area contributed by atoms with Crippen LogP contribution in [-0.2, 0) is 0 Å². The van der Waals surface area contributed by atoms with Crippen molar-refractivity contribution in [2.24, 2.45) is 10.7 Å². The van der Waals surface area contributed by atoms with Gasteiger partial charge >= 0.3 is 0 Å². The highest BCUT2D eigenvalue weighted by molar-refractivity contribution is 5.90. The van der Waals surface area contributed by atoms with Crippen molar-refractivity contribution in [3.8, 4) is 0 Å². The largest absolute Gasteiger partial charge is 0.353 e. The van der Waals surface area contributed by atoms with Crippen LogP contribution in [0.25, 0.3) is 0 Å². The lowest BCUT2D eigenvalue weighted by molar-refractivity contribution is 0.490. The summed E-state index contributed by atoms with van der Waals surface area (Å²) in [6, 6.07) is 6.19. The second-order valence-corrected chi connectivity index (χ2v) is 5.02. The molecule has 2 rings (SSSR count). The van der Waals surface area contributed by atoms with Crippen molar-refractivity contribution in [1.29, 1.82) is 0 Å². The summed E-state index contributed by atoms with van der Waals surface area (Å²) in [7, 11) is 0. The number of halogens is 1. The number of aliphatic imine (C=N–C) groups is 1. The van der Waals surface area contributed by atoms with Crippen LogP contribution in [-0.4, -0.2) is 30.4 Å². The van der Waals surface area contributed by atoms with Gasteiger partial charge in [0.05, 0.1) is 12.6 Å². The second-order valence-electron chi connectivity index (χ2n) is 5.02. The lowest BCUT2D eigenvalue weighted by atomic mass is 9.97. The normalized spacial score (nSPS) is 16.2. The zero-order chi connectivity index (χ0) is 13.8. The van der Waals surface area contributed by atoms with E-state index in [9.17, 15) is 0 Å². The van der Waals surface area contributed by atoms with Gasteiger partial charge in [-0.2, -0.15) is 0 Å². The summed E-state index contributed by atoms with van der Waals surface area (Å²) in [6.07, 6.45) is 4.22. The van der Waals surface area contributed by atoms with Gasteiger partial charge in [0.1, 0.15) is 5.84 Å². The molecule has 4 heteroatoms. The van der Waals surface area contributed by atoms with Gasteiger partial charge in [-0.3, -0.25) is 4.99 Å². The fraction of sp³-hybridized carbons (Fsp3) is 0.438. The van der Waals surface area contributed by atoms with Crippen molar-refractivity contribution in [2.75, 3.05) is 19.6 Å². The highest BCUT2D eigenvalue weighted by atomic mass is 35.5. The first-order valence-electron chi connectivity index (χ1n) is 6.87. The Labute approximate surface area is 128 Å². The van der Waals surface area contributed by atoms with Crippen LogP contribution < -0.4 is 5.73 Å². The minimum Gasteiger partial charge on any atom is -0.353 e. The third-order valence-electron chi connectivity index (χ3n) is 3.79. The van der Waals surface area contributed by atoms with Gasteiger partial charge < -0.3 is 10.6 Å². The molecule has 1 aliphatic heterocycles. The smallest absolute Gasteiger partial charge is 0.121 e. The summed E-state index contributed by atoms with van der Waals surface area (Å²) in [5.41, 5.74) is 10.2. The molecular formula is C16H24ClN3. The third kappa shape index (κ3) is 3.41. The molecule has 0 spiro atoms. The van der Waals surface area contributed by atoms with E-state index in [4.69, 9.17) is 5.73 Å². The minimum absolute atomic E-state index is 0. The number of hydrogen-bond acceptors (Lipinski definition) is 3. The molecule has 0 amide bonds. The second kappa shape index (κ2) is 7.46. The van der Waals surface area contributed by atoms with E-state index in [0.717, 1.165) is 25.5 Å². The number of allylic oxidation sites excluding steroid dienone is 1. The Morgan fingerprint density at radius 2 is 2.15 bits per heavy atom. The number of aryl methyl sites for hydroxylation is 1. The Balaban J connectivity index is 0.00000200. The van der Waals surface area contributed by atoms with E-state index in [-0.39, 0.29) is 18.4 Å². The topological polar surface area (TPSA) is 41.6 Å². The van der Waals surface area contributed by atoms with E-state index in [1.165, 1.54) is 16.7 Å². The lowest BCUT2D eigenvalue weighted by Crippen LogP contribution is -2.36. The number of benzene rings is 1. The standard InChI is InChI=1S/C16H23N3.ClH/c1-4-5-10-19-11-9-18-16(19)15(17)14-8-6-7-12(2)13(14)3;/h4-8,15H,9-11,17H2,1-3H3;1H/b5-4+;. The monoisotopic (exact) mass is 293 g/mol. The molecule has 0 bridgehead atoms. The fourth-order valence-electron chi connectivity index (χ4n) is 2.46. The molecule has 20 heavy (non-hydrogen) atoms. The van der Waals surface area contributed by atoms with Crippen LogP contribution in [0.4, 0.5) is 0 Å². The lowest BCUT2D eigenvalue weighted by Gasteiger charge is -2.24. The molecule has 0 fully saturated rings. The first kappa shape index (κ1) is 16.7. The predicted molar refractivity (Wildman–Crippen MR) is 88.8 cm³/mol. The number of rotatable bonds is 4. The van der Waals surface area contributed by atoms with Crippen LogP contribution in [0.5, 0.6) is 0 Å². The average Bonchev–Trinajstić information content (AvgIpc) is 2.87. The Morgan fingerprint density at radius 1 is 1.40 bits per heavy atom. The molecule has 2 N–H and O–H groups in total. The number of hydrogen-bond donors (Lipinski definition) is 1. The highest BCUT2D eigenvalue weighted by Gasteiger charge is 2.24. The van der Waals surface area contributed by atoms with Gasteiger partial charge in [0, 0.05) is 13.1 Å². The molecule has 110 valence electrons. The van der Waals surface area contributed by atoms with Crippen molar-refractivity contribution < 1.29 is 0 Å². The maximum absolute atomic E-state index is 6.44. The molecule has 3 nitrogen and oxygen atoms in total. The minimum atomic E-state index is -0.118. The van der Waals surface area contributed by atoms with E-state index in [1.807, 2.05) is 6.92 Å². The van der Waals surface area contributed by atoms with Gasteiger partial charge in [-0.15, -0.1) is 12.4 Å². The van der Waals surface area contributed by atoms with Gasteiger partial charge in [-0.05, 0) is 37.5 Å². The average molecular weight is 294 g/mol. The SMILES string of the molecule is C/C=C/CN1CCN=C1C(N)c1cccc(C)c1C.Cl. The maximum Gasteiger partial charge on any atom is 0.121 e. The van der Waals surface area contributed by atoms with E-state index < -0.39 is 0 Å². The van der Waals surface area contributed by atoms with Crippen molar-refractivity contribution in [1.82, 2.24) is 4.90 Å².